The summed E-state index contributed by atoms with van der Waals surface area (Å²) in [5.74, 6) is 1.13. The maximum atomic E-state index is 12.1. The van der Waals surface area contributed by atoms with Gasteiger partial charge in [-0.05, 0) is 71.3 Å². The summed E-state index contributed by atoms with van der Waals surface area (Å²) in [6, 6.07) is 6.97. The van der Waals surface area contributed by atoms with Crippen molar-refractivity contribution in [2.75, 3.05) is 13.2 Å². The lowest BCUT2D eigenvalue weighted by molar-refractivity contribution is -0.130. The number of rotatable bonds is 7. The highest BCUT2D eigenvalue weighted by molar-refractivity contribution is 9.10. The quantitative estimate of drug-likeness (QED) is 0.359. The van der Waals surface area contributed by atoms with Gasteiger partial charge in [-0.1, -0.05) is 6.58 Å². The van der Waals surface area contributed by atoms with Crippen LogP contribution in [0, 0.1) is 0 Å². The van der Waals surface area contributed by atoms with E-state index in [1.807, 2.05) is 19.9 Å². The summed E-state index contributed by atoms with van der Waals surface area (Å²) in [6.45, 7) is 8.45. The number of nitrogens with zero attached hydrogens (tertiary/aromatic N) is 1. The van der Waals surface area contributed by atoms with E-state index in [0.717, 1.165) is 5.57 Å². The van der Waals surface area contributed by atoms with Crippen LogP contribution in [0.25, 0.3) is 6.08 Å². The molecule has 27 heavy (non-hydrogen) atoms. The first kappa shape index (κ1) is 19.0. The summed E-state index contributed by atoms with van der Waals surface area (Å²) in [7, 11) is 0. The molecule has 0 fully saturated rings. The number of esters is 1. The van der Waals surface area contributed by atoms with Crippen LogP contribution < -0.4 is 9.47 Å². The molecular formula is C20H18BrNO5. The van der Waals surface area contributed by atoms with Gasteiger partial charge in [0.2, 0.25) is 0 Å². The van der Waals surface area contributed by atoms with Crippen molar-refractivity contribution in [1.82, 2.24) is 0 Å². The number of benzene rings is 1. The number of carbonyl (C=O) groups is 1. The molecule has 0 spiro atoms. The average molecular weight is 432 g/mol. The first-order chi connectivity index (χ1) is 13.0. The van der Waals surface area contributed by atoms with Crippen molar-refractivity contribution in [3.8, 4) is 11.5 Å². The lowest BCUT2D eigenvalue weighted by atomic mass is 10.1. The van der Waals surface area contributed by atoms with Crippen molar-refractivity contribution < 1.29 is 23.4 Å². The van der Waals surface area contributed by atoms with Crippen LogP contribution in [0.1, 0.15) is 25.2 Å². The third-order valence-electron chi connectivity index (χ3n) is 3.45. The Balaban J connectivity index is 1.93. The molecule has 0 saturated heterocycles. The Bertz CT molecular complexity index is 928. The molecule has 0 atom stereocenters. The Kier molecular flexibility index (Phi) is 5.81. The molecule has 1 aliphatic rings. The normalized spacial score (nSPS) is 14.9. The third-order valence-corrected chi connectivity index (χ3v) is 4.04. The number of carbonyl (C=O) groups excluding carboxylic acids is 1. The lowest BCUT2D eigenvalue weighted by Gasteiger charge is -2.14. The number of cyclic esters (lactones) is 1. The molecule has 1 aromatic heterocycles. The van der Waals surface area contributed by atoms with E-state index in [9.17, 15) is 4.79 Å². The summed E-state index contributed by atoms with van der Waals surface area (Å²) in [5, 5.41) is 0. The number of hydrogen-bond acceptors (Lipinski definition) is 6. The van der Waals surface area contributed by atoms with E-state index in [1.165, 1.54) is 6.26 Å². The molecule has 7 heteroatoms. The van der Waals surface area contributed by atoms with Gasteiger partial charge < -0.3 is 18.6 Å². The van der Waals surface area contributed by atoms with Crippen LogP contribution >= 0.6 is 15.9 Å². The van der Waals surface area contributed by atoms with Gasteiger partial charge in [-0.25, -0.2) is 9.79 Å². The molecule has 0 bridgehead atoms. The molecule has 140 valence electrons. The van der Waals surface area contributed by atoms with Gasteiger partial charge >= 0.3 is 5.97 Å². The Hall–Kier alpha value is -2.80. The minimum atomic E-state index is -0.543. The molecule has 0 unspecified atom stereocenters. The van der Waals surface area contributed by atoms with Gasteiger partial charge in [-0.15, -0.1) is 0 Å². The molecule has 0 aliphatic carbocycles. The van der Waals surface area contributed by atoms with E-state index in [0.29, 0.717) is 40.5 Å². The average Bonchev–Trinajstić information content (AvgIpc) is 3.25. The summed E-state index contributed by atoms with van der Waals surface area (Å²) < 4.78 is 22.5. The first-order valence-corrected chi connectivity index (χ1v) is 9.07. The Morgan fingerprint density at radius 1 is 1.37 bits per heavy atom. The predicted octanol–water partition coefficient (Wildman–Crippen LogP) is 4.74. The fourth-order valence-electron chi connectivity index (χ4n) is 2.34. The zero-order valence-electron chi connectivity index (χ0n) is 15.0. The Labute approximate surface area is 165 Å². The molecule has 3 rings (SSSR count). The monoisotopic (exact) mass is 431 g/mol. The molecule has 6 nitrogen and oxygen atoms in total. The zero-order valence-corrected chi connectivity index (χ0v) is 16.5. The van der Waals surface area contributed by atoms with Crippen LogP contribution in [0.15, 0.2) is 62.3 Å². The van der Waals surface area contributed by atoms with Gasteiger partial charge in [-0.3, -0.25) is 0 Å². The van der Waals surface area contributed by atoms with E-state index in [4.69, 9.17) is 18.6 Å². The maximum Gasteiger partial charge on any atom is 0.363 e. The predicted molar refractivity (Wildman–Crippen MR) is 105 cm³/mol. The van der Waals surface area contributed by atoms with Crippen LogP contribution in [-0.4, -0.2) is 25.1 Å². The summed E-state index contributed by atoms with van der Waals surface area (Å²) in [5.41, 5.74) is 1.78. The number of hydrogen-bond donors (Lipinski definition) is 0. The van der Waals surface area contributed by atoms with Crippen LogP contribution in [0.4, 0.5) is 0 Å². The first-order valence-electron chi connectivity index (χ1n) is 8.28. The molecule has 2 aromatic rings. The van der Waals surface area contributed by atoms with Gasteiger partial charge in [0.1, 0.15) is 6.61 Å². The molecule has 1 aromatic carbocycles. The van der Waals surface area contributed by atoms with E-state index in [1.54, 1.807) is 24.3 Å². The minimum absolute atomic E-state index is 0.141. The van der Waals surface area contributed by atoms with Gasteiger partial charge in [0.05, 0.1) is 17.3 Å². The van der Waals surface area contributed by atoms with Crippen molar-refractivity contribution in [1.29, 1.82) is 0 Å². The molecule has 2 heterocycles. The van der Waals surface area contributed by atoms with Crippen LogP contribution in [0.2, 0.25) is 0 Å². The van der Waals surface area contributed by atoms with E-state index < -0.39 is 5.97 Å². The van der Waals surface area contributed by atoms with Crippen LogP contribution in [0.5, 0.6) is 11.5 Å². The van der Waals surface area contributed by atoms with Crippen LogP contribution in [0.3, 0.4) is 0 Å². The van der Waals surface area contributed by atoms with Gasteiger partial charge in [0, 0.05) is 0 Å². The Morgan fingerprint density at radius 3 is 2.85 bits per heavy atom. The third kappa shape index (κ3) is 4.49. The molecule has 0 amide bonds. The summed E-state index contributed by atoms with van der Waals surface area (Å²) in [4.78, 5) is 16.3. The maximum absolute atomic E-state index is 12.1. The number of furan rings is 1. The second kappa shape index (κ2) is 8.26. The van der Waals surface area contributed by atoms with Crippen molar-refractivity contribution >= 4 is 33.9 Å². The summed E-state index contributed by atoms with van der Waals surface area (Å²) >= 11 is 3.50. The SMILES string of the molecule is C=C(C)COc1c(Br)cc(/C=C2\N=C(c3ccco3)OC2=O)cc1OCC. The molecule has 1 aliphatic heterocycles. The van der Waals surface area contributed by atoms with E-state index in [-0.39, 0.29) is 11.6 Å². The van der Waals surface area contributed by atoms with Crippen molar-refractivity contribution in [3.05, 3.63) is 64.2 Å². The van der Waals surface area contributed by atoms with E-state index in [2.05, 4.69) is 27.5 Å². The highest BCUT2D eigenvalue weighted by atomic mass is 79.9. The number of ether oxygens (including phenoxy) is 3. The standard InChI is InChI=1S/C20H18BrNO5/c1-4-24-17-10-13(8-14(21)18(17)26-11-12(2)3)9-15-20(23)27-19(22-15)16-6-5-7-25-16/h5-10H,2,4,11H2,1,3H3/b15-9-. The molecule has 0 saturated carbocycles. The van der Waals surface area contributed by atoms with Crippen molar-refractivity contribution in [2.24, 2.45) is 4.99 Å². The van der Waals surface area contributed by atoms with Gasteiger partial charge in [0.15, 0.2) is 23.0 Å². The lowest BCUT2D eigenvalue weighted by Crippen LogP contribution is -2.04. The second-order valence-corrected chi connectivity index (χ2v) is 6.68. The molecule has 0 N–H and O–H groups in total. The van der Waals surface area contributed by atoms with Crippen molar-refractivity contribution in [3.63, 3.8) is 0 Å². The fraction of sp³-hybridized carbons (Fsp3) is 0.200. The topological polar surface area (TPSA) is 70.3 Å². The number of halogens is 1. The van der Waals surface area contributed by atoms with Crippen molar-refractivity contribution in [2.45, 2.75) is 13.8 Å². The van der Waals surface area contributed by atoms with Gasteiger partial charge in [0.25, 0.3) is 5.90 Å². The second-order valence-electron chi connectivity index (χ2n) is 5.82. The molecular weight excluding hydrogens is 414 g/mol. The van der Waals surface area contributed by atoms with E-state index >= 15 is 0 Å². The Morgan fingerprint density at radius 2 is 2.19 bits per heavy atom. The smallest absolute Gasteiger partial charge is 0.363 e. The highest BCUT2D eigenvalue weighted by Crippen LogP contribution is 2.38. The highest BCUT2D eigenvalue weighted by Gasteiger charge is 2.26. The molecule has 0 radical (unpaired) electrons. The zero-order chi connectivity index (χ0) is 19.4. The van der Waals surface area contributed by atoms with Crippen LogP contribution in [-0.2, 0) is 9.53 Å². The summed E-state index contributed by atoms with van der Waals surface area (Å²) in [6.07, 6.45) is 3.11. The number of aliphatic imine (C=N–C) groups is 1. The minimum Gasteiger partial charge on any atom is -0.490 e. The van der Waals surface area contributed by atoms with Gasteiger partial charge in [-0.2, -0.15) is 0 Å². The largest absolute Gasteiger partial charge is 0.490 e. The fourth-order valence-corrected chi connectivity index (χ4v) is 2.92.